The zero-order valence-electron chi connectivity index (χ0n) is 27.8. The van der Waals surface area contributed by atoms with Gasteiger partial charge in [-0.2, -0.15) is 0 Å². The maximum absolute atomic E-state index is 4.94. The van der Waals surface area contributed by atoms with Gasteiger partial charge in [-0.1, -0.05) is 146 Å². The number of benzene rings is 9. The molecule has 0 aliphatic carbocycles. The van der Waals surface area contributed by atoms with Crippen LogP contribution in [0, 0.1) is 0 Å². The van der Waals surface area contributed by atoms with Crippen molar-refractivity contribution < 1.29 is 0 Å². The molecule has 51 heavy (non-hydrogen) atoms. The number of fused-ring (bicyclic) bond motifs is 7. The zero-order chi connectivity index (χ0) is 33.7. The molecule has 238 valence electrons. The van der Waals surface area contributed by atoms with Gasteiger partial charge in [0, 0.05) is 5.56 Å². The Kier molecular flexibility index (Phi) is 7.07. The van der Waals surface area contributed by atoms with Crippen LogP contribution in [0.2, 0.25) is 0 Å². The number of aromatic nitrogens is 1. The Hall–Kier alpha value is -6.35. The summed E-state index contributed by atoms with van der Waals surface area (Å²) in [6, 6.07) is 68.3. The van der Waals surface area contributed by atoms with Gasteiger partial charge in [0.25, 0.3) is 0 Å². The highest BCUT2D eigenvalue weighted by Gasteiger charge is 2.13. The molecule has 1 nitrogen and oxygen atoms in total. The highest BCUT2D eigenvalue weighted by Crippen LogP contribution is 2.39. The first-order chi connectivity index (χ1) is 25.2. The molecule has 2 heteroatoms. The summed E-state index contributed by atoms with van der Waals surface area (Å²) in [4.78, 5) is 4.94. The maximum atomic E-state index is 4.94. The Morgan fingerprint density at radius 1 is 0.275 bits per heavy atom. The van der Waals surface area contributed by atoms with E-state index >= 15 is 0 Å². The summed E-state index contributed by atoms with van der Waals surface area (Å²) in [5.74, 6) is 0. The lowest BCUT2D eigenvalue weighted by atomic mass is 9.91. The first-order valence-corrected chi connectivity index (χ1v) is 18.2. The van der Waals surface area contributed by atoms with Crippen molar-refractivity contribution in [2.45, 2.75) is 0 Å². The van der Waals surface area contributed by atoms with Gasteiger partial charge in [0.05, 0.1) is 10.2 Å². The molecule has 1 heterocycles. The van der Waals surface area contributed by atoms with Crippen LogP contribution >= 0.6 is 11.3 Å². The Morgan fingerprint density at radius 3 is 1.37 bits per heavy atom. The van der Waals surface area contributed by atoms with Gasteiger partial charge in [-0.15, -0.1) is 11.3 Å². The summed E-state index contributed by atoms with van der Waals surface area (Å²) in [6.45, 7) is 0. The lowest BCUT2D eigenvalue weighted by Gasteiger charge is -2.13. The van der Waals surface area contributed by atoms with Crippen LogP contribution in [0.3, 0.4) is 0 Å². The normalized spacial score (nSPS) is 11.5. The second kappa shape index (κ2) is 12.2. The van der Waals surface area contributed by atoms with Gasteiger partial charge in [-0.25, -0.2) is 4.98 Å². The standard InChI is InChI=1S/C49H31NS/c1-2-11-32(12-3-1)38-28-39(30-40(29-38)35-13-10-14-37(27-35)49-50-47-19-8-9-20-48(47)51-49)34-23-21-33(22-24-34)36-25-26-45-43-17-5-4-15-41(43)42-16-6-7-18-44(42)46(45)31-36/h1-31H. The van der Waals surface area contributed by atoms with Crippen LogP contribution in [0.1, 0.15) is 0 Å². The van der Waals surface area contributed by atoms with Crippen molar-refractivity contribution in [3.05, 3.63) is 188 Å². The predicted octanol–water partition coefficient (Wildman–Crippen LogP) is 14.1. The average molecular weight is 666 g/mol. The van der Waals surface area contributed by atoms with E-state index in [2.05, 4.69) is 188 Å². The minimum atomic E-state index is 1.04. The van der Waals surface area contributed by atoms with Gasteiger partial charge in [0.1, 0.15) is 5.01 Å². The minimum absolute atomic E-state index is 1.04. The fraction of sp³-hybridized carbons (Fsp3) is 0. The highest BCUT2D eigenvalue weighted by atomic mass is 32.1. The first kappa shape index (κ1) is 29.6. The van der Waals surface area contributed by atoms with E-state index in [1.807, 2.05) is 0 Å². The van der Waals surface area contributed by atoms with Gasteiger partial charge < -0.3 is 0 Å². The lowest BCUT2D eigenvalue weighted by molar-refractivity contribution is 1.47. The van der Waals surface area contributed by atoms with Crippen molar-refractivity contribution in [3.8, 4) is 55.1 Å². The van der Waals surface area contributed by atoms with Crippen LogP contribution in [-0.4, -0.2) is 4.98 Å². The van der Waals surface area contributed by atoms with Crippen LogP contribution in [0.5, 0.6) is 0 Å². The van der Waals surface area contributed by atoms with E-state index in [9.17, 15) is 0 Å². The number of nitrogens with zero attached hydrogens (tertiary/aromatic N) is 1. The van der Waals surface area contributed by atoms with E-state index in [1.165, 1.54) is 81.5 Å². The van der Waals surface area contributed by atoms with Crippen molar-refractivity contribution >= 4 is 53.9 Å². The SMILES string of the molecule is c1ccc(-c2cc(-c3ccc(-c4ccc5c6ccccc6c6ccccc6c5c4)cc3)cc(-c3cccc(-c4nc5ccccc5s4)c3)c2)cc1. The Labute approximate surface area is 300 Å². The molecule has 0 amide bonds. The molecule has 0 unspecified atom stereocenters. The van der Waals surface area contributed by atoms with E-state index < -0.39 is 0 Å². The molecule has 0 fully saturated rings. The molecule has 0 radical (unpaired) electrons. The number of hydrogen-bond acceptors (Lipinski definition) is 2. The van der Waals surface area contributed by atoms with Crippen LogP contribution < -0.4 is 0 Å². The van der Waals surface area contributed by atoms with Gasteiger partial charge >= 0.3 is 0 Å². The third kappa shape index (κ3) is 5.29. The maximum Gasteiger partial charge on any atom is 0.124 e. The molecule has 0 atom stereocenters. The van der Waals surface area contributed by atoms with E-state index in [-0.39, 0.29) is 0 Å². The van der Waals surface area contributed by atoms with Gasteiger partial charge in [0.2, 0.25) is 0 Å². The number of hydrogen-bond donors (Lipinski definition) is 0. The number of rotatable bonds is 5. The zero-order valence-corrected chi connectivity index (χ0v) is 28.6. The van der Waals surface area contributed by atoms with Crippen molar-refractivity contribution in [1.29, 1.82) is 0 Å². The van der Waals surface area contributed by atoms with Crippen molar-refractivity contribution in [1.82, 2.24) is 4.98 Å². The molecule has 0 saturated carbocycles. The largest absolute Gasteiger partial charge is 0.236 e. The first-order valence-electron chi connectivity index (χ1n) is 17.4. The van der Waals surface area contributed by atoms with Crippen LogP contribution in [0.15, 0.2) is 188 Å². The molecule has 0 bridgehead atoms. The van der Waals surface area contributed by atoms with Crippen LogP contribution in [0.25, 0.3) is 97.6 Å². The molecule has 10 aromatic rings. The molecular weight excluding hydrogens is 635 g/mol. The van der Waals surface area contributed by atoms with Crippen LogP contribution in [0.4, 0.5) is 0 Å². The summed E-state index contributed by atoms with van der Waals surface area (Å²) in [5, 5.41) is 8.82. The quantitative estimate of drug-likeness (QED) is 0.167. The third-order valence-electron chi connectivity index (χ3n) is 10.1. The summed E-state index contributed by atoms with van der Waals surface area (Å²) in [7, 11) is 0. The van der Waals surface area contributed by atoms with Gasteiger partial charge in [-0.3, -0.25) is 0 Å². The van der Waals surface area contributed by atoms with E-state index in [0.717, 1.165) is 16.1 Å². The van der Waals surface area contributed by atoms with E-state index in [4.69, 9.17) is 4.98 Å². The molecule has 0 saturated heterocycles. The Balaban J connectivity index is 1.06. The Morgan fingerprint density at radius 2 is 0.706 bits per heavy atom. The lowest BCUT2D eigenvalue weighted by Crippen LogP contribution is -1.88. The molecule has 9 aromatic carbocycles. The summed E-state index contributed by atoms with van der Waals surface area (Å²) in [6.07, 6.45) is 0. The molecule has 0 aliphatic heterocycles. The number of para-hydroxylation sites is 1. The summed E-state index contributed by atoms with van der Waals surface area (Å²) < 4.78 is 1.21. The molecular formula is C49H31NS. The molecule has 0 aliphatic rings. The highest BCUT2D eigenvalue weighted by molar-refractivity contribution is 7.21. The van der Waals surface area contributed by atoms with Crippen molar-refractivity contribution in [2.24, 2.45) is 0 Å². The predicted molar refractivity (Wildman–Crippen MR) is 219 cm³/mol. The van der Waals surface area contributed by atoms with Crippen molar-refractivity contribution in [3.63, 3.8) is 0 Å². The minimum Gasteiger partial charge on any atom is -0.236 e. The average Bonchev–Trinajstić information content (AvgIpc) is 3.66. The molecule has 1 aromatic heterocycles. The molecule has 10 rings (SSSR count). The second-order valence-electron chi connectivity index (χ2n) is 13.2. The van der Waals surface area contributed by atoms with Gasteiger partial charge in [-0.05, 0) is 119 Å². The smallest absolute Gasteiger partial charge is 0.124 e. The fourth-order valence-electron chi connectivity index (χ4n) is 7.53. The fourth-order valence-corrected chi connectivity index (χ4v) is 8.49. The van der Waals surface area contributed by atoms with Gasteiger partial charge in [0.15, 0.2) is 0 Å². The van der Waals surface area contributed by atoms with Crippen LogP contribution in [-0.2, 0) is 0 Å². The Bertz CT molecular complexity index is 2830. The van der Waals surface area contributed by atoms with Crippen molar-refractivity contribution in [2.75, 3.05) is 0 Å². The van der Waals surface area contributed by atoms with E-state index in [1.54, 1.807) is 11.3 Å². The summed E-state index contributed by atoms with van der Waals surface area (Å²) in [5.41, 5.74) is 11.8. The topological polar surface area (TPSA) is 12.9 Å². The second-order valence-corrected chi connectivity index (χ2v) is 14.2. The third-order valence-corrected chi connectivity index (χ3v) is 11.2. The number of thiazole rings is 1. The molecule has 0 spiro atoms. The summed E-state index contributed by atoms with van der Waals surface area (Å²) >= 11 is 1.74. The molecule has 0 N–H and O–H groups in total. The van der Waals surface area contributed by atoms with E-state index in [0.29, 0.717) is 0 Å². The monoisotopic (exact) mass is 665 g/mol.